The number of carbonyl (C=O) groups excluding carboxylic acids is 1. The molecule has 0 rings (SSSR count). The molecule has 0 amide bonds. The minimum Gasteiger partial charge on any atom is -0.462 e. The largest absolute Gasteiger partial charge is 0.462 e. The van der Waals surface area contributed by atoms with E-state index in [1.54, 1.807) is 0 Å². The summed E-state index contributed by atoms with van der Waals surface area (Å²) >= 11 is 0. The van der Waals surface area contributed by atoms with Crippen LogP contribution in [0, 0.1) is 11.3 Å². The lowest BCUT2D eigenvalue weighted by molar-refractivity contribution is -0.154. The Balaban J connectivity index is 4.04. The molecule has 0 spiro atoms. The third-order valence-electron chi connectivity index (χ3n) is 3.26. The minimum atomic E-state index is -0.168. The molecular weight excluding hydrogens is 238 g/mol. The van der Waals surface area contributed by atoms with Crippen LogP contribution in [-0.4, -0.2) is 18.6 Å². The predicted octanol–water partition coefficient (Wildman–Crippen LogP) is 3.90. The Kier molecular flexibility index (Phi) is 9.07. The molecule has 3 heteroatoms. The van der Waals surface area contributed by atoms with Gasteiger partial charge in [-0.3, -0.25) is 4.79 Å². The maximum absolute atomic E-state index is 12.0. The first-order valence-electron chi connectivity index (χ1n) is 7.70. The molecule has 0 aliphatic carbocycles. The Morgan fingerprint density at radius 1 is 1.21 bits per heavy atom. The summed E-state index contributed by atoms with van der Waals surface area (Å²) in [5.74, 6) is -0.293. The number of ether oxygens (including phenoxy) is 1. The molecule has 0 heterocycles. The second-order valence-corrected chi connectivity index (χ2v) is 6.79. The fourth-order valence-electron chi connectivity index (χ4n) is 2.21. The molecule has 2 N–H and O–H groups in total. The Bertz CT molecular complexity index is 246. The monoisotopic (exact) mass is 271 g/mol. The molecule has 0 aliphatic rings. The van der Waals surface area contributed by atoms with Crippen LogP contribution in [0.5, 0.6) is 0 Å². The van der Waals surface area contributed by atoms with Crippen molar-refractivity contribution in [1.82, 2.24) is 0 Å². The van der Waals surface area contributed by atoms with Crippen molar-refractivity contribution in [2.45, 2.75) is 79.2 Å². The SMILES string of the molecule is CCCCCCC(C)OC(=O)C(CN)CC(C)(C)C. The maximum Gasteiger partial charge on any atom is 0.310 e. The van der Waals surface area contributed by atoms with E-state index < -0.39 is 0 Å². The number of rotatable bonds is 9. The van der Waals surface area contributed by atoms with E-state index in [9.17, 15) is 4.79 Å². The van der Waals surface area contributed by atoms with Crippen LogP contribution in [0.3, 0.4) is 0 Å². The molecule has 0 aromatic heterocycles. The lowest BCUT2D eigenvalue weighted by atomic mass is 9.84. The zero-order valence-corrected chi connectivity index (χ0v) is 13.5. The van der Waals surface area contributed by atoms with E-state index in [0.717, 1.165) is 19.3 Å². The van der Waals surface area contributed by atoms with Crippen molar-refractivity contribution in [1.29, 1.82) is 0 Å². The van der Waals surface area contributed by atoms with Crippen LogP contribution in [0.25, 0.3) is 0 Å². The average Bonchev–Trinajstić information content (AvgIpc) is 2.30. The quantitative estimate of drug-likeness (QED) is 0.511. The lowest BCUT2D eigenvalue weighted by Crippen LogP contribution is -2.31. The van der Waals surface area contributed by atoms with Gasteiger partial charge in [-0.1, -0.05) is 47.0 Å². The normalized spacial score (nSPS) is 15.1. The molecule has 0 aromatic carbocycles. The highest BCUT2D eigenvalue weighted by Gasteiger charge is 2.26. The molecule has 0 fully saturated rings. The van der Waals surface area contributed by atoms with Crippen LogP contribution < -0.4 is 5.73 Å². The molecule has 0 radical (unpaired) electrons. The van der Waals surface area contributed by atoms with Crippen molar-refractivity contribution >= 4 is 5.97 Å². The fourth-order valence-corrected chi connectivity index (χ4v) is 2.21. The zero-order valence-electron chi connectivity index (χ0n) is 13.5. The highest BCUT2D eigenvalue weighted by Crippen LogP contribution is 2.25. The van der Waals surface area contributed by atoms with E-state index in [1.807, 2.05) is 6.92 Å². The van der Waals surface area contributed by atoms with Gasteiger partial charge in [0.2, 0.25) is 0 Å². The molecule has 0 bridgehead atoms. The molecule has 3 nitrogen and oxygen atoms in total. The summed E-state index contributed by atoms with van der Waals surface area (Å²) in [7, 11) is 0. The van der Waals surface area contributed by atoms with E-state index in [4.69, 9.17) is 10.5 Å². The van der Waals surface area contributed by atoms with Gasteiger partial charge in [0.1, 0.15) is 0 Å². The van der Waals surface area contributed by atoms with E-state index in [0.29, 0.717) is 6.54 Å². The molecule has 19 heavy (non-hydrogen) atoms. The topological polar surface area (TPSA) is 52.3 Å². The summed E-state index contributed by atoms with van der Waals surface area (Å²) < 4.78 is 5.51. The number of carbonyl (C=O) groups is 1. The van der Waals surface area contributed by atoms with Crippen LogP contribution in [0.4, 0.5) is 0 Å². The van der Waals surface area contributed by atoms with E-state index in [2.05, 4.69) is 27.7 Å². The molecule has 0 saturated heterocycles. The van der Waals surface area contributed by atoms with Crippen molar-refractivity contribution in [3.05, 3.63) is 0 Å². The molecule has 0 saturated carbocycles. The van der Waals surface area contributed by atoms with Gasteiger partial charge in [-0.2, -0.15) is 0 Å². The van der Waals surface area contributed by atoms with Gasteiger partial charge >= 0.3 is 5.97 Å². The maximum atomic E-state index is 12.0. The first kappa shape index (κ1) is 18.4. The van der Waals surface area contributed by atoms with Crippen LogP contribution >= 0.6 is 0 Å². The molecular formula is C16H33NO2. The Morgan fingerprint density at radius 3 is 2.32 bits per heavy atom. The molecule has 114 valence electrons. The molecule has 2 unspecified atom stereocenters. The Labute approximate surface area is 119 Å². The highest BCUT2D eigenvalue weighted by molar-refractivity contribution is 5.72. The number of esters is 1. The number of hydrogen-bond acceptors (Lipinski definition) is 3. The van der Waals surface area contributed by atoms with Crippen molar-refractivity contribution in [3.8, 4) is 0 Å². The molecule has 0 aromatic rings. The second-order valence-electron chi connectivity index (χ2n) is 6.79. The molecule has 2 atom stereocenters. The van der Waals surface area contributed by atoms with Gasteiger partial charge in [-0.15, -0.1) is 0 Å². The van der Waals surface area contributed by atoms with Gasteiger partial charge in [0.05, 0.1) is 12.0 Å². The number of unbranched alkanes of at least 4 members (excludes halogenated alkanes) is 3. The van der Waals surface area contributed by atoms with Gasteiger partial charge in [0.25, 0.3) is 0 Å². The second kappa shape index (κ2) is 9.35. The van der Waals surface area contributed by atoms with E-state index in [-0.39, 0.29) is 23.4 Å². The first-order valence-corrected chi connectivity index (χ1v) is 7.70. The van der Waals surface area contributed by atoms with Gasteiger partial charge in [0.15, 0.2) is 0 Å². The lowest BCUT2D eigenvalue weighted by Gasteiger charge is -2.25. The summed E-state index contributed by atoms with van der Waals surface area (Å²) in [5, 5.41) is 0. The third-order valence-corrected chi connectivity index (χ3v) is 3.26. The summed E-state index contributed by atoms with van der Waals surface area (Å²) in [6.45, 7) is 10.9. The standard InChI is InChI=1S/C16H33NO2/c1-6-7-8-9-10-13(2)19-15(18)14(12-17)11-16(3,4)5/h13-14H,6-12,17H2,1-5H3. The van der Waals surface area contributed by atoms with Crippen LogP contribution in [0.15, 0.2) is 0 Å². The minimum absolute atomic E-state index is 0.0124. The predicted molar refractivity (Wildman–Crippen MR) is 80.9 cm³/mol. The summed E-state index contributed by atoms with van der Waals surface area (Å²) in [6, 6.07) is 0. The third kappa shape index (κ3) is 9.94. The van der Waals surface area contributed by atoms with Gasteiger partial charge in [-0.25, -0.2) is 0 Å². The summed E-state index contributed by atoms with van der Waals surface area (Å²) in [6.07, 6.45) is 6.60. The number of nitrogens with two attached hydrogens (primary N) is 1. The van der Waals surface area contributed by atoms with Crippen LogP contribution in [-0.2, 0) is 9.53 Å². The zero-order chi connectivity index (χ0) is 14.9. The van der Waals surface area contributed by atoms with Gasteiger partial charge in [0, 0.05) is 6.54 Å². The van der Waals surface area contributed by atoms with E-state index in [1.165, 1.54) is 19.3 Å². The highest BCUT2D eigenvalue weighted by atomic mass is 16.5. The van der Waals surface area contributed by atoms with Crippen LogP contribution in [0.2, 0.25) is 0 Å². The fraction of sp³-hybridized carbons (Fsp3) is 0.938. The van der Waals surface area contributed by atoms with E-state index >= 15 is 0 Å². The van der Waals surface area contributed by atoms with Gasteiger partial charge in [-0.05, 0) is 31.6 Å². The van der Waals surface area contributed by atoms with Crippen LogP contribution in [0.1, 0.15) is 73.1 Å². The van der Waals surface area contributed by atoms with Crippen molar-refractivity contribution in [2.24, 2.45) is 17.1 Å². The summed E-state index contributed by atoms with van der Waals surface area (Å²) in [4.78, 5) is 12.0. The Morgan fingerprint density at radius 2 is 1.84 bits per heavy atom. The van der Waals surface area contributed by atoms with Crippen molar-refractivity contribution in [2.75, 3.05) is 6.54 Å². The van der Waals surface area contributed by atoms with Crippen molar-refractivity contribution in [3.63, 3.8) is 0 Å². The first-order chi connectivity index (χ1) is 8.80. The smallest absolute Gasteiger partial charge is 0.310 e. The Hall–Kier alpha value is -0.570. The van der Waals surface area contributed by atoms with Gasteiger partial charge < -0.3 is 10.5 Å². The van der Waals surface area contributed by atoms with Crippen molar-refractivity contribution < 1.29 is 9.53 Å². The average molecular weight is 271 g/mol. The summed E-state index contributed by atoms with van der Waals surface area (Å²) in [5.41, 5.74) is 5.80. The number of hydrogen-bond donors (Lipinski definition) is 1. The molecule has 0 aliphatic heterocycles.